The van der Waals surface area contributed by atoms with Crippen molar-refractivity contribution >= 4 is 11.6 Å². The Bertz CT molecular complexity index is 861. The van der Waals surface area contributed by atoms with Gasteiger partial charge < -0.3 is 15.8 Å². The molecule has 1 aromatic heterocycles. The van der Waals surface area contributed by atoms with Gasteiger partial charge >= 0.3 is 0 Å². The summed E-state index contributed by atoms with van der Waals surface area (Å²) in [6.07, 6.45) is 1.76. The summed E-state index contributed by atoms with van der Waals surface area (Å²) in [4.78, 5) is 8.61. The summed E-state index contributed by atoms with van der Waals surface area (Å²) in [5.41, 5.74) is 10.0. The maximum Gasteiger partial charge on any atom is 0.193 e. The fraction of sp³-hybridized carbons (Fsp3) is 0.143. The molecular formula is C21H22N4O. The molecule has 1 heterocycles. The molecule has 3 rings (SSSR count). The molecule has 0 bridgehead atoms. The first-order chi connectivity index (χ1) is 12.7. The minimum atomic E-state index is 0.395. The number of nitrogens with zero attached hydrogens (tertiary/aromatic N) is 2. The van der Waals surface area contributed by atoms with E-state index in [1.807, 2.05) is 73.7 Å². The molecule has 0 aliphatic rings. The van der Waals surface area contributed by atoms with E-state index in [4.69, 9.17) is 10.5 Å². The van der Waals surface area contributed by atoms with Crippen LogP contribution in [0.4, 0.5) is 5.69 Å². The molecule has 5 nitrogen and oxygen atoms in total. The number of hydrogen-bond acceptors (Lipinski definition) is 3. The van der Waals surface area contributed by atoms with Crippen LogP contribution in [0.1, 0.15) is 16.8 Å². The molecule has 0 radical (unpaired) electrons. The predicted molar refractivity (Wildman–Crippen MR) is 105 cm³/mol. The monoisotopic (exact) mass is 346 g/mol. The first-order valence-electron chi connectivity index (χ1n) is 8.44. The number of hydrogen-bond donors (Lipinski definition) is 2. The standard InChI is InChI=1S/C21H22N4O/c1-16-5-4-7-18(13-16)25-21(22)24-14-17-8-10-20(11-9-17)26-15-19-6-2-3-12-23-19/h2-13H,14-15H2,1H3,(H3,22,24,25). The lowest BCUT2D eigenvalue weighted by atomic mass is 10.2. The number of nitrogens with two attached hydrogens (primary N) is 1. The van der Waals surface area contributed by atoms with E-state index < -0.39 is 0 Å². The van der Waals surface area contributed by atoms with Gasteiger partial charge in [0.05, 0.1) is 12.2 Å². The van der Waals surface area contributed by atoms with Crippen LogP contribution in [0.15, 0.2) is 77.9 Å². The molecule has 0 aliphatic carbocycles. The molecule has 0 aliphatic heterocycles. The van der Waals surface area contributed by atoms with Gasteiger partial charge in [0.15, 0.2) is 5.96 Å². The van der Waals surface area contributed by atoms with E-state index in [1.165, 1.54) is 5.56 Å². The van der Waals surface area contributed by atoms with E-state index in [2.05, 4.69) is 15.3 Å². The minimum absolute atomic E-state index is 0.395. The number of aryl methyl sites for hydroxylation is 1. The van der Waals surface area contributed by atoms with Gasteiger partial charge in [-0.3, -0.25) is 4.98 Å². The molecular weight excluding hydrogens is 324 g/mol. The van der Waals surface area contributed by atoms with Crippen molar-refractivity contribution in [2.75, 3.05) is 5.32 Å². The highest BCUT2D eigenvalue weighted by molar-refractivity contribution is 5.92. The number of aliphatic imine (C=N–C) groups is 1. The highest BCUT2D eigenvalue weighted by atomic mass is 16.5. The van der Waals surface area contributed by atoms with Gasteiger partial charge in [-0.1, -0.05) is 30.3 Å². The van der Waals surface area contributed by atoms with Crippen LogP contribution in [0.2, 0.25) is 0 Å². The summed E-state index contributed by atoms with van der Waals surface area (Å²) in [7, 11) is 0. The van der Waals surface area contributed by atoms with E-state index >= 15 is 0 Å². The van der Waals surface area contributed by atoms with Crippen LogP contribution in [0.3, 0.4) is 0 Å². The Morgan fingerprint density at radius 2 is 1.92 bits per heavy atom. The molecule has 0 spiro atoms. The van der Waals surface area contributed by atoms with Gasteiger partial charge in [-0.2, -0.15) is 0 Å². The minimum Gasteiger partial charge on any atom is -0.487 e. The zero-order valence-corrected chi connectivity index (χ0v) is 14.7. The average molecular weight is 346 g/mol. The molecule has 2 aromatic carbocycles. The Hall–Kier alpha value is -3.34. The summed E-state index contributed by atoms with van der Waals surface area (Å²) >= 11 is 0. The van der Waals surface area contributed by atoms with Crippen LogP contribution in [0, 0.1) is 6.92 Å². The summed E-state index contributed by atoms with van der Waals surface area (Å²) in [6.45, 7) is 2.99. The van der Waals surface area contributed by atoms with Gasteiger partial charge in [0.1, 0.15) is 12.4 Å². The number of ether oxygens (including phenoxy) is 1. The van der Waals surface area contributed by atoms with Gasteiger partial charge in [0.2, 0.25) is 0 Å². The fourth-order valence-corrected chi connectivity index (χ4v) is 2.42. The Kier molecular flexibility index (Phi) is 5.83. The molecule has 3 aromatic rings. The van der Waals surface area contributed by atoms with Gasteiger partial charge in [-0.05, 0) is 54.4 Å². The first-order valence-corrected chi connectivity index (χ1v) is 8.44. The summed E-state index contributed by atoms with van der Waals surface area (Å²) in [5, 5.41) is 3.10. The smallest absolute Gasteiger partial charge is 0.193 e. The number of rotatable bonds is 6. The number of guanidine groups is 1. The van der Waals surface area contributed by atoms with Crippen molar-refractivity contribution in [3.05, 3.63) is 89.7 Å². The molecule has 3 N–H and O–H groups in total. The van der Waals surface area contributed by atoms with E-state index in [1.54, 1.807) is 6.20 Å². The van der Waals surface area contributed by atoms with Crippen molar-refractivity contribution in [1.82, 2.24) is 4.98 Å². The molecule has 0 amide bonds. The van der Waals surface area contributed by atoms with Crippen LogP contribution in [0.25, 0.3) is 0 Å². The van der Waals surface area contributed by atoms with E-state index in [0.717, 1.165) is 22.7 Å². The number of benzene rings is 2. The largest absolute Gasteiger partial charge is 0.487 e. The van der Waals surface area contributed by atoms with Crippen molar-refractivity contribution in [3.63, 3.8) is 0 Å². The maximum atomic E-state index is 5.95. The maximum absolute atomic E-state index is 5.95. The van der Waals surface area contributed by atoms with Crippen LogP contribution in [-0.4, -0.2) is 10.9 Å². The highest BCUT2D eigenvalue weighted by Gasteiger charge is 1.99. The van der Waals surface area contributed by atoms with Crippen molar-refractivity contribution in [3.8, 4) is 5.75 Å². The molecule has 132 valence electrons. The van der Waals surface area contributed by atoms with Crippen molar-refractivity contribution in [2.24, 2.45) is 10.7 Å². The Balaban J connectivity index is 1.52. The Morgan fingerprint density at radius 1 is 1.08 bits per heavy atom. The molecule has 0 atom stereocenters. The van der Waals surface area contributed by atoms with Gasteiger partial charge in [0.25, 0.3) is 0 Å². The predicted octanol–water partition coefficient (Wildman–Crippen LogP) is 3.90. The Morgan fingerprint density at radius 3 is 2.65 bits per heavy atom. The number of pyridine rings is 1. The second-order valence-electron chi connectivity index (χ2n) is 5.95. The lowest BCUT2D eigenvalue weighted by Crippen LogP contribution is -2.22. The van der Waals surface area contributed by atoms with Crippen LogP contribution in [-0.2, 0) is 13.2 Å². The van der Waals surface area contributed by atoms with Crippen molar-refractivity contribution < 1.29 is 4.74 Å². The molecule has 0 saturated heterocycles. The van der Waals surface area contributed by atoms with Crippen LogP contribution < -0.4 is 15.8 Å². The molecule has 26 heavy (non-hydrogen) atoms. The van der Waals surface area contributed by atoms with Gasteiger partial charge in [0, 0.05) is 11.9 Å². The third-order valence-corrected chi connectivity index (χ3v) is 3.76. The van der Waals surface area contributed by atoms with Gasteiger partial charge in [-0.15, -0.1) is 0 Å². The summed E-state index contributed by atoms with van der Waals surface area (Å²) in [6, 6.07) is 21.6. The normalized spacial score (nSPS) is 11.2. The quantitative estimate of drug-likeness (QED) is 0.524. The zero-order chi connectivity index (χ0) is 18.2. The highest BCUT2D eigenvalue weighted by Crippen LogP contribution is 2.14. The lowest BCUT2D eigenvalue weighted by molar-refractivity contribution is 0.301. The van der Waals surface area contributed by atoms with Crippen LogP contribution in [0.5, 0.6) is 5.75 Å². The number of nitrogens with one attached hydrogen (secondary N) is 1. The second-order valence-corrected chi connectivity index (χ2v) is 5.95. The van der Waals surface area contributed by atoms with Crippen LogP contribution >= 0.6 is 0 Å². The third-order valence-electron chi connectivity index (χ3n) is 3.76. The lowest BCUT2D eigenvalue weighted by Gasteiger charge is -2.07. The molecule has 0 unspecified atom stereocenters. The zero-order valence-electron chi connectivity index (χ0n) is 14.7. The second kappa shape index (κ2) is 8.67. The number of anilines is 1. The third kappa shape index (κ3) is 5.34. The average Bonchev–Trinajstić information content (AvgIpc) is 2.66. The van der Waals surface area contributed by atoms with Gasteiger partial charge in [-0.25, -0.2) is 4.99 Å². The number of aromatic nitrogens is 1. The van der Waals surface area contributed by atoms with Crippen molar-refractivity contribution in [1.29, 1.82) is 0 Å². The Labute approximate surface area is 153 Å². The summed E-state index contributed by atoms with van der Waals surface area (Å²) < 4.78 is 5.73. The first kappa shape index (κ1) is 17.5. The fourth-order valence-electron chi connectivity index (χ4n) is 2.42. The van der Waals surface area contributed by atoms with E-state index in [9.17, 15) is 0 Å². The topological polar surface area (TPSA) is 72.5 Å². The molecule has 0 saturated carbocycles. The van der Waals surface area contributed by atoms with E-state index in [0.29, 0.717) is 19.1 Å². The summed E-state index contributed by atoms with van der Waals surface area (Å²) in [5.74, 6) is 1.19. The van der Waals surface area contributed by atoms with Crippen molar-refractivity contribution in [2.45, 2.75) is 20.1 Å². The molecule has 0 fully saturated rings. The molecule has 5 heteroatoms. The SMILES string of the molecule is Cc1cccc(NC(N)=NCc2ccc(OCc3ccccn3)cc2)c1. The van der Waals surface area contributed by atoms with E-state index in [-0.39, 0.29) is 0 Å².